The molecular weight excluding hydrogens is 266 g/mol. The van der Waals surface area contributed by atoms with Crippen molar-refractivity contribution < 1.29 is 14.3 Å². The molecule has 0 radical (unpaired) electrons. The molecule has 4 nitrogen and oxygen atoms in total. The summed E-state index contributed by atoms with van der Waals surface area (Å²) >= 11 is 0. The SMILES string of the molecule is Cc1ccc(C)c(OCc2nc3ccc(CO)cc3o2)c1. The second-order valence-electron chi connectivity index (χ2n) is 5.13. The summed E-state index contributed by atoms with van der Waals surface area (Å²) in [4.78, 5) is 4.38. The highest BCUT2D eigenvalue weighted by molar-refractivity contribution is 5.73. The number of ether oxygens (including phenoxy) is 1. The van der Waals surface area contributed by atoms with Crippen LogP contribution in [0.15, 0.2) is 40.8 Å². The van der Waals surface area contributed by atoms with Crippen molar-refractivity contribution in [3.63, 3.8) is 0 Å². The van der Waals surface area contributed by atoms with Crippen LogP contribution in [-0.4, -0.2) is 10.1 Å². The van der Waals surface area contributed by atoms with E-state index in [1.54, 1.807) is 6.07 Å². The Kier molecular flexibility index (Phi) is 3.62. The Morgan fingerprint density at radius 1 is 1.14 bits per heavy atom. The van der Waals surface area contributed by atoms with E-state index in [2.05, 4.69) is 11.1 Å². The van der Waals surface area contributed by atoms with Gasteiger partial charge < -0.3 is 14.3 Å². The Labute approximate surface area is 123 Å². The smallest absolute Gasteiger partial charge is 0.233 e. The molecule has 108 valence electrons. The predicted octanol–water partition coefficient (Wildman–Crippen LogP) is 3.52. The maximum absolute atomic E-state index is 9.13. The van der Waals surface area contributed by atoms with Crippen LogP contribution in [0.1, 0.15) is 22.6 Å². The lowest BCUT2D eigenvalue weighted by Crippen LogP contribution is -1.97. The molecule has 3 rings (SSSR count). The average Bonchev–Trinajstić information content (AvgIpc) is 2.89. The van der Waals surface area contributed by atoms with Crippen molar-refractivity contribution in [3.05, 3.63) is 59.0 Å². The van der Waals surface area contributed by atoms with Crippen LogP contribution in [0, 0.1) is 13.8 Å². The second kappa shape index (κ2) is 5.58. The zero-order valence-electron chi connectivity index (χ0n) is 12.1. The van der Waals surface area contributed by atoms with Gasteiger partial charge >= 0.3 is 0 Å². The third kappa shape index (κ3) is 2.90. The number of benzene rings is 2. The molecular formula is C17H17NO3. The van der Waals surface area contributed by atoms with Gasteiger partial charge in [-0.15, -0.1) is 0 Å². The highest BCUT2D eigenvalue weighted by Crippen LogP contribution is 2.22. The summed E-state index contributed by atoms with van der Waals surface area (Å²) in [7, 11) is 0. The van der Waals surface area contributed by atoms with Gasteiger partial charge in [-0.25, -0.2) is 4.98 Å². The number of hydrogen-bond donors (Lipinski definition) is 1. The van der Waals surface area contributed by atoms with E-state index in [0.29, 0.717) is 11.5 Å². The van der Waals surface area contributed by atoms with Gasteiger partial charge in [0.15, 0.2) is 12.2 Å². The molecule has 0 aliphatic heterocycles. The van der Waals surface area contributed by atoms with E-state index < -0.39 is 0 Å². The van der Waals surface area contributed by atoms with E-state index >= 15 is 0 Å². The lowest BCUT2D eigenvalue weighted by Gasteiger charge is -2.07. The lowest BCUT2D eigenvalue weighted by atomic mass is 10.1. The van der Waals surface area contributed by atoms with Crippen molar-refractivity contribution in [1.29, 1.82) is 0 Å². The zero-order valence-corrected chi connectivity index (χ0v) is 12.1. The number of hydrogen-bond acceptors (Lipinski definition) is 4. The third-order valence-electron chi connectivity index (χ3n) is 3.37. The first-order chi connectivity index (χ1) is 10.2. The number of rotatable bonds is 4. The zero-order chi connectivity index (χ0) is 14.8. The average molecular weight is 283 g/mol. The van der Waals surface area contributed by atoms with Crippen LogP contribution in [0.25, 0.3) is 11.1 Å². The minimum atomic E-state index is -0.00897. The van der Waals surface area contributed by atoms with Crippen LogP contribution in [0.5, 0.6) is 5.75 Å². The molecule has 0 bridgehead atoms. The minimum absolute atomic E-state index is 0.00897. The molecule has 0 aliphatic rings. The Bertz CT molecular complexity index is 777. The Morgan fingerprint density at radius 3 is 2.81 bits per heavy atom. The van der Waals surface area contributed by atoms with Crippen LogP contribution >= 0.6 is 0 Å². The van der Waals surface area contributed by atoms with Crippen LogP contribution in [0.4, 0.5) is 0 Å². The van der Waals surface area contributed by atoms with E-state index in [1.165, 1.54) is 0 Å². The van der Waals surface area contributed by atoms with E-state index in [9.17, 15) is 0 Å². The first-order valence-electron chi connectivity index (χ1n) is 6.85. The fraction of sp³-hybridized carbons (Fsp3) is 0.235. The Morgan fingerprint density at radius 2 is 2.00 bits per heavy atom. The first kappa shape index (κ1) is 13.6. The van der Waals surface area contributed by atoms with E-state index in [1.807, 2.05) is 38.1 Å². The molecule has 1 aromatic heterocycles. The maximum Gasteiger partial charge on any atom is 0.233 e. The molecule has 1 N–H and O–H groups in total. The van der Waals surface area contributed by atoms with Crippen molar-refractivity contribution in [2.75, 3.05) is 0 Å². The summed E-state index contributed by atoms with van der Waals surface area (Å²) in [5, 5.41) is 9.13. The first-order valence-corrected chi connectivity index (χ1v) is 6.85. The molecule has 21 heavy (non-hydrogen) atoms. The van der Waals surface area contributed by atoms with Gasteiger partial charge in [0.2, 0.25) is 5.89 Å². The minimum Gasteiger partial charge on any atom is -0.484 e. The molecule has 0 aliphatic carbocycles. The summed E-state index contributed by atoms with van der Waals surface area (Å²) in [5.41, 5.74) is 4.48. The molecule has 2 aromatic carbocycles. The van der Waals surface area contributed by atoms with Gasteiger partial charge in [0, 0.05) is 0 Å². The quantitative estimate of drug-likeness (QED) is 0.796. The molecule has 0 amide bonds. The van der Waals surface area contributed by atoms with Crippen LogP contribution < -0.4 is 4.74 Å². The van der Waals surface area contributed by atoms with Crippen LogP contribution in [-0.2, 0) is 13.2 Å². The number of aliphatic hydroxyl groups is 1. The molecule has 0 spiro atoms. The molecule has 0 saturated carbocycles. The summed E-state index contributed by atoms with van der Waals surface area (Å²) < 4.78 is 11.4. The summed E-state index contributed by atoms with van der Waals surface area (Å²) in [5.74, 6) is 1.37. The van der Waals surface area contributed by atoms with E-state index in [4.69, 9.17) is 14.3 Å². The van der Waals surface area contributed by atoms with Crippen molar-refractivity contribution >= 4 is 11.1 Å². The molecule has 3 aromatic rings. The summed E-state index contributed by atoms with van der Waals surface area (Å²) in [6.45, 7) is 4.31. The number of aliphatic hydroxyl groups excluding tert-OH is 1. The molecule has 0 fully saturated rings. The fourth-order valence-electron chi connectivity index (χ4n) is 2.18. The van der Waals surface area contributed by atoms with Gasteiger partial charge in [0.1, 0.15) is 11.3 Å². The van der Waals surface area contributed by atoms with Crippen molar-refractivity contribution in [2.24, 2.45) is 0 Å². The monoisotopic (exact) mass is 283 g/mol. The predicted molar refractivity (Wildman–Crippen MR) is 80.2 cm³/mol. The van der Waals surface area contributed by atoms with Gasteiger partial charge in [-0.1, -0.05) is 18.2 Å². The van der Waals surface area contributed by atoms with E-state index in [0.717, 1.165) is 28.0 Å². The Hall–Kier alpha value is -2.33. The number of oxazole rings is 1. The van der Waals surface area contributed by atoms with Crippen molar-refractivity contribution in [1.82, 2.24) is 4.98 Å². The lowest BCUT2D eigenvalue weighted by molar-refractivity contribution is 0.265. The van der Waals surface area contributed by atoms with Crippen LogP contribution in [0.3, 0.4) is 0 Å². The van der Waals surface area contributed by atoms with Crippen molar-refractivity contribution in [3.8, 4) is 5.75 Å². The largest absolute Gasteiger partial charge is 0.484 e. The van der Waals surface area contributed by atoms with Gasteiger partial charge in [0.25, 0.3) is 0 Å². The van der Waals surface area contributed by atoms with Gasteiger partial charge in [0.05, 0.1) is 6.61 Å². The van der Waals surface area contributed by atoms with Crippen molar-refractivity contribution in [2.45, 2.75) is 27.1 Å². The third-order valence-corrected chi connectivity index (χ3v) is 3.37. The molecule has 4 heteroatoms. The summed E-state index contributed by atoms with van der Waals surface area (Å²) in [6.07, 6.45) is 0. The molecule has 0 unspecified atom stereocenters. The fourth-order valence-corrected chi connectivity index (χ4v) is 2.18. The standard InChI is InChI=1S/C17H17NO3/c1-11-3-4-12(2)15(7-11)20-10-17-18-14-6-5-13(9-19)8-16(14)21-17/h3-8,19H,9-10H2,1-2H3. The summed E-state index contributed by atoms with van der Waals surface area (Å²) in [6, 6.07) is 11.6. The number of nitrogens with zero attached hydrogens (tertiary/aromatic N) is 1. The molecule has 1 heterocycles. The number of fused-ring (bicyclic) bond motifs is 1. The second-order valence-corrected chi connectivity index (χ2v) is 5.13. The Balaban J connectivity index is 1.80. The molecule has 0 saturated heterocycles. The van der Waals surface area contributed by atoms with Gasteiger partial charge in [-0.05, 0) is 48.7 Å². The maximum atomic E-state index is 9.13. The van der Waals surface area contributed by atoms with E-state index in [-0.39, 0.29) is 13.2 Å². The molecule has 0 atom stereocenters. The van der Waals surface area contributed by atoms with Crippen LogP contribution in [0.2, 0.25) is 0 Å². The number of aromatic nitrogens is 1. The number of aryl methyl sites for hydroxylation is 2. The van der Waals surface area contributed by atoms with Gasteiger partial charge in [-0.2, -0.15) is 0 Å². The highest BCUT2D eigenvalue weighted by atomic mass is 16.5. The highest BCUT2D eigenvalue weighted by Gasteiger charge is 2.08. The normalized spacial score (nSPS) is 11.0. The van der Waals surface area contributed by atoms with Gasteiger partial charge in [-0.3, -0.25) is 0 Å². The topological polar surface area (TPSA) is 55.5 Å².